The van der Waals surface area contributed by atoms with Gasteiger partial charge < -0.3 is 5.11 Å². The van der Waals surface area contributed by atoms with Gasteiger partial charge in [0.1, 0.15) is 6.10 Å². The predicted octanol–water partition coefficient (Wildman–Crippen LogP) is 2.03. The van der Waals surface area contributed by atoms with Crippen LogP contribution in [0.1, 0.15) is 24.2 Å². The lowest BCUT2D eigenvalue weighted by molar-refractivity contribution is 0.191. The summed E-state index contributed by atoms with van der Waals surface area (Å²) < 4.78 is 21.7. The van der Waals surface area contributed by atoms with Crippen LogP contribution in [0.5, 0.6) is 0 Å². The zero-order chi connectivity index (χ0) is 12.3. The largest absolute Gasteiger partial charge is 0.386 e. The zero-order valence-electron chi connectivity index (χ0n) is 9.22. The second kappa shape index (κ2) is 5.17. The maximum Gasteiger partial charge on any atom is 0.169 e. The molecule has 2 atom stereocenters. The van der Waals surface area contributed by atoms with Gasteiger partial charge in [0.05, 0.1) is 0 Å². The molecule has 0 heterocycles. The van der Waals surface area contributed by atoms with Crippen molar-refractivity contribution in [2.24, 2.45) is 0 Å². The van der Waals surface area contributed by atoms with Gasteiger partial charge in [0.2, 0.25) is 0 Å². The minimum Gasteiger partial charge on any atom is -0.386 e. The van der Waals surface area contributed by atoms with Gasteiger partial charge in [-0.15, -0.1) is 11.6 Å². The van der Waals surface area contributed by atoms with E-state index >= 15 is 0 Å². The molecule has 0 bridgehead atoms. The summed E-state index contributed by atoms with van der Waals surface area (Å²) in [6.45, 7) is 3.42. The summed E-state index contributed by atoms with van der Waals surface area (Å²) in [4.78, 5) is 0. The summed E-state index contributed by atoms with van der Waals surface area (Å²) in [5.41, 5.74) is 1.56. The molecule has 5 heteroatoms. The number of benzene rings is 1. The molecule has 0 aliphatic rings. The normalized spacial score (nSPS) is 15.8. The Morgan fingerprint density at radius 2 is 1.81 bits per heavy atom. The standard InChI is InChI=1S/C11H15ClO3S/c1-3-16(14,15)11(12)10(13)9-6-4-8(2)5-7-9/h4-7,10-11,13H,3H2,1-2H3/t10-,11+/m0/s1. The molecule has 0 radical (unpaired) electrons. The van der Waals surface area contributed by atoms with Crippen LogP contribution in [0.4, 0.5) is 0 Å². The Morgan fingerprint density at radius 1 is 1.31 bits per heavy atom. The fourth-order valence-electron chi connectivity index (χ4n) is 1.27. The minimum atomic E-state index is -3.44. The van der Waals surface area contributed by atoms with Crippen molar-refractivity contribution in [3.05, 3.63) is 35.4 Å². The maximum atomic E-state index is 11.5. The van der Waals surface area contributed by atoms with Crippen LogP contribution < -0.4 is 0 Å². The van der Waals surface area contributed by atoms with E-state index in [9.17, 15) is 13.5 Å². The molecule has 90 valence electrons. The van der Waals surface area contributed by atoms with E-state index in [2.05, 4.69) is 0 Å². The summed E-state index contributed by atoms with van der Waals surface area (Å²) in [5.74, 6) is -0.0793. The number of sulfone groups is 1. The van der Waals surface area contributed by atoms with Gasteiger partial charge in [-0.1, -0.05) is 36.8 Å². The van der Waals surface area contributed by atoms with Crippen molar-refractivity contribution >= 4 is 21.4 Å². The molecule has 1 rings (SSSR count). The molecule has 0 spiro atoms. The van der Waals surface area contributed by atoms with Gasteiger partial charge in [-0.2, -0.15) is 0 Å². The van der Waals surface area contributed by atoms with E-state index in [1.54, 1.807) is 24.3 Å². The van der Waals surface area contributed by atoms with E-state index in [1.807, 2.05) is 6.92 Å². The van der Waals surface area contributed by atoms with Gasteiger partial charge in [0.25, 0.3) is 0 Å². The third kappa shape index (κ3) is 2.97. The summed E-state index contributed by atoms with van der Waals surface area (Å²) in [7, 11) is -3.44. The van der Waals surface area contributed by atoms with Crippen molar-refractivity contribution in [3.63, 3.8) is 0 Å². The fourth-order valence-corrected chi connectivity index (χ4v) is 2.66. The second-order valence-electron chi connectivity index (χ2n) is 3.66. The molecule has 0 saturated heterocycles. The lowest BCUT2D eigenvalue weighted by Crippen LogP contribution is -2.24. The molecule has 0 saturated carbocycles. The van der Waals surface area contributed by atoms with Crippen LogP contribution in [0.2, 0.25) is 0 Å². The van der Waals surface area contributed by atoms with E-state index in [1.165, 1.54) is 6.92 Å². The van der Waals surface area contributed by atoms with Crippen molar-refractivity contribution in [2.45, 2.75) is 24.7 Å². The predicted molar refractivity (Wildman–Crippen MR) is 65.2 cm³/mol. The molecule has 1 aromatic carbocycles. The molecular formula is C11H15ClO3S. The first-order valence-electron chi connectivity index (χ1n) is 4.98. The summed E-state index contributed by atoms with van der Waals surface area (Å²) in [6, 6.07) is 6.97. The number of alkyl halides is 1. The highest BCUT2D eigenvalue weighted by molar-refractivity contribution is 7.93. The van der Waals surface area contributed by atoms with Crippen LogP contribution in [-0.4, -0.2) is 24.0 Å². The lowest BCUT2D eigenvalue weighted by atomic mass is 10.1. The van der Waals surface area contributed by atoms with E-state index in [0.717, 1.165) is 5.56 Å². The first-order valence-corrected chi connectivity index (χ1v) is 7.14. The maximum absolute atomic E-state index is 11.5. The molecule has 0 aromatic heterocycles. The topological polar surface area (TPSA) is 54.4 Å². The summed E-state index contributed by atoms with van der Waals surface area (Å²) in [6.07, 6.45) is -1.19. The number of rotatable bonds is 4. The van der Waals surface area contributed by atoms with Crippen molar-refractivity contribution < 1.29 is 13.5 Å². The number of hydrogen-bond acceptors (Lipinski definition) is 3. The highest BCUT2D eigenvalue weighted by Crippen LogP contribution is 2.25. The number of aliphatic hydroxyl groups excluding tert-OH is 1. The SMILES string of the molecule is CCS(=O)(=O)[C@@H](Cl)[C@@H](O)c1ccc(C)cc1. The summed E-state index contributed by atoms with van der Waals surface area (Å²) >= 11 is 5.76. The third-order valence-electron chi connectivity index (χ3n) is 2.41. The van der Waals surface area contributed by atoms with Gasteiger partial charge in [0, 0.05) is 5.75 Å². The first kappa shape index (κ1) is 13.5. The van der Waals surface area contributed by atoms with Crippen molar-refractivity contribution in [2.75, 3.05) is 5.75 Å². The third-order valence-corrected chi connectivity index (χ3v) is 5.21. The zero-order valence-corrected chi connectivity index (χ0v) is 10.8. The lowest BCUT2D eigenvalue weighted by Gasteiger charge is -2.17. The van der Waals surface area contributed by atoms with Crippen LogP contribution in [0.25, 0.3) is 0 Å². The molecule has 0 aliphatic carbocycles. The average Bonchev–Trinajstić information content (AvgIpc) is 2.28. The smallest absolute Gasteiger partial charge is 0.169 e. The van der Waals surface area contributed by atoms with Gasteiger partial charge in [-0.25, -0.2) is 8.42 Å². The van der Waals surface area contributed by atoms with E-state index < -0.39 is 20.7 Å². The molecule has 1 aromatic rings. The number of hydrogen-bond donors (Lipinski definition) is 1. The molecule has 1 N–H and O–H groups in total. The molecule has 16 heavy (non-hydrogen) atoms. The molecule has 3 nitrogen and oxygen atoms in total. The molecule has 0 unspecified atom stereocenters. The van der Waals surface area contributed by atoms with Crippen LogP contribution in [-0.2, 0) is 9.84 Å². The van der Waals surface area contributed by atoms with Crippen LogP contribution >= 0.6 is 11.6 Å². The fraction of sp³-hybridized carbons (Fsp3) is 0.455. The Morgan fingerprint density at radius 3 is 2.25 bits per heavy atom. The van der Waals surface area contributed by atoms with Gasteiger partial charge >= 0.3 is 0 Å². The number of aliphatic hydroxyl groups is 1. The van der Waals surface area contributed by atoms with Gasteiger partial charge in [0.15, 0.2) is 14.5 Å². The second-order valence-corrected chi connectivity index (χ2v) is 6.80. The van der Waals surface area contributed by atoms with Gasteiger partial charge in [-0.3, -0.25) is 0 Å². The molecule has 0 aliphatic heterocycles. The van der Waals surface area contributed by atoms with E-state index in [4.69, 9.17) is 11.6 Å². The molecular weight excluding hydrogens is 248 g/mol. The Balaban J connectivity index is 2.94. The van der Waals surface area contributed by atoms with Crippen LogP contribution in [0, 0.1) is 6.92 Å². The number of aryl methyl sites for hydroxylation is 1. The summed E-state index contributed by atoms with van der Waals surface area (Å²) in [5, 5.41) is 9.84. The monoisotopic (exact) mass is 262 g/mol. The van der Waals surface area contributed by atoms with Crippen molar-refractivity contribution in [1.29, 1.82) is 0 Å². The van der Waals surface area contributed by atoms with Crippen LogP contribution in [0.3, 0.4) is 0 Å². The Bertz CT molecular complexity index is 439. The first-order chi connectivity index (χ1) is 7.38. The van der Waals surface area contributed by atoms with Crippen molar-refractivity contribution in [3.8, 4) is 0 Å². The number of halogens is 1. The van der Waals surface area contributed by atoms with Gasteiger partial charge in [-0.05, 0) is 12.5 Å². The Labute approximate surface area is 101 Å². The minimum absolute atomic E-state index is 0.0793. The molecule has 0 amide bonds. The van der Waals surface area contributed by atoms with E-state index in [-0.39, 0.29) is 5.75 Å². The van der Waals surface area contributed by atoms with Crippen LogP contribution in [0.15, 0.2) is 24.3 Å². The Hall–Kier alpha value is -0.580. The average molecular weight is 263 g/mol. The Kier molecular flexibility index (Phi) is 4.35. The van der Waals surface area contributed by atoms with E-state index in [0.29, 0.717) is 5.56 Å². The quantitative estimate of drug-likeness (QED) is 0.845. The molecule has 0 fully saturated rings. The highest BCUT2D eigenvalue weighted by atomic mass is 35.5. The highest BCUT2D eigenvalue weighted by Gasteiger charge is 2.29. The van der Waals surface area contributed by atoms with Crippen molar-refractivity contribution in [1.82, 2.24) is 0 Å².